The van der Waals surface area contributed by atoms with E-state index in [4.69, 9.17) is 15.0 Å². The number of rotatable bonds is 4. The highest BCUT2D eigenvalue weighted by Gasteiger charge is 2.20. The summed E-state index contributed by atoms with van der Waals surface area (Å²) in [5.41, 5.74) is 6.34. The maximum absolute atomic E-state index is 5.18. The van der Waals surface area contributed by atoms with Gasteiger partial charge in [0.2, 0.25) is 5.95 Å². The minimum Gasteiger partial charge on any atom is -0.278 e. The van der Waals surface area contributed by atoms with Gasteiger partial charge in [-0.1, -0.05) is 146 Å². The van der Waals surface area contributed by atoms with Gasteiger partial charge in [-0.25, -0.2) is 4.98 Å². The first kappa shape index (κ1) is 25.4. The highest BCUT2D eigenvalue weighted by molar-refractivity contribution is 6.28. The Bertz CT molecular complexity index is 2420. The largest absolute Gasteiger partial charge is 0.278 e. The third-order valence-electron chi connectivity index (χ3n) is 8.65. The van der Waals surface area contributed by atoms with Crippen molar-refractivity contribution in [1.82, 2.24) is 19.5 Å². The molecule has 0 aliphatic heterocycles. The fraction of sp³-hybridized carbons (Fsp3) is 0. The molecule has 45 heavy (non-hydrogen) atoms. The van der Waals surface area contributed by atoms with Crippen LogP contribution >= 0.6 is 0 Å². The topological polar surface area (TPSA) is 43.6 Å². The summed E-state index contributed by atoms with van der Waals surface area (Å²) in [4.78, 5) is 15.3. The number of hydrogen-bond acceptors (Lipinski definition) is 3. The standard InChI is InChI=1S/C41H26N4/c1-3-11-27(12-4-1)28-19-21-32(22-20-28)40-42-39(31-15-5-2-6-16-31)43-41(44-40)45-35-25-23-29-13-7-9-17-33(29)37(35)38-34-18-10-8-14-30(34)24-26-36(38)45/h1-26H. The molecule has 0 saturated heterocycles. The Balaban J connectivity index is 1.34. The molecular weight excluding hydrogens is 548 g/mol. The van der Waals surface area contributed by atoms with Gasteiger partial charge in [0.05, 0.1) is 11.0 Å². The molecule has 0 aliphatic carbocycles. The molecule has 9 rings (SSSR count). The van der Waals surface area contributed by atoms with E-state index in [1.807, 2.05) is 36.4 Å². The van der Waals surface area contributed by atoms with Crippen molar-refractivity contribution in [3.05, 3.63) is 158 Å². The lowest BCUT2D eigenvalue weighted by Crippen LogP contribution is -2.06. The fourth-order valence-electron chi connectivity index (χ4n) is 6.52. The molecule has 2 aromatic heterocycles. The van der Waals surface area contributed by atoms with Crippen LogP contribution in [0, 0.1) is 0 Å². The van der Waals surface area contributed by atoms with Crippen LogP contribution in [0.4, 0.5) is 0 Å². The van der Waals surface area contributed by atoms with Gasteiger partial charge >= 0.3 is 0 Å². The second-order valence-corrected chi connectivity index (χ2v) is 11.3. The summed E-state index contributed by atoms with van der Waals surface area (Å²) in [6, 6.07) is 55.0. The van der Waals surface area contributed by atoms with E-state index < -0.39 is 0 Å². The second kappa shape index (κ2) is 10.2. The lowest BCUT2D eigenvalue weighted by atomic mass is 10.00. The highest BCUT2D eigenvalue weighted by atomic mass is 15.2. The van der Waals surface area contributed by atoms with Crippen molar-refractivity contribution in [2.24, 2.45) is 0 Å². The zero-order valence-corrected chi connectivity index (χ0v) is 24.3. The first-order valence-electron chi connectivity index (χ1n) is 15.1. The predicted octanol–water partition coefficient (Wildman–Crippen LogP) is 10.3. The lowest BCUT2D eigenvalue weighted by Gasteiger charge is -2.11. The van der Waals surface area contributed by atoms with Gasteiger partial charge in [-0.2, -0.15) is 9.97 Å². The van der Waals surface area contributed by atoms with Gasteiger partial charge in [0.1, 0.15) is 0 Å². The summed E-state index contributed by atoms with van der Waals surface area (Å²) >= 11 is 0. The van der Waals surface area contributed by atoms with Crippen molar-refractivity contribution in [3.8, 4) is 39.9 Å². The summed E-state index contributed by atoms with van der Waals surface area (Å²) in [5, 5.41) is 7.24. The van der Waals surface area contributed by atoms with Gasteiger partial charge < -0.3 is 0 Å². The van der Waals surface area contributed by atoms with Crippen molar-refractivity contribution in [3.63, 3.8) is 0 Å². The molecule has 2 heterocycles. The van der Waals surface area contributed by atoms with Gasteiger partial charge in [-0.3, -0.25) is 4.57 Å². The Kier molecular flexibility index (Phi) is 5.78. The molecule has 0 amide bonds. The minimum absolute atomic E-state index is 0.594. The molecule has 7 aromatic carbocycles. The third-order valence-corrected chi connectivity index (χ3v) is 8.65. The SMILES string of the molecule is c1ccc(-c2ccc(-c3nc(-c4ccccc4)nc(-n4c5ccc6ccccc6c5c5c6ccccc6ccc54)n3)cc2)cc1. The van der Waals surface area contributed by atoms with Crippen LogP contribution in [0.1, 0.15) is 0 Å². The molecular formula is C41H26N4. The predicted molar refractivity (Wildman–Crippen MR) is 185 cm³/mol. The second-order valence-electron chi connectivity index (χ2n) is 11.3. The van der Waals surface area contributed by atoms with Crippen molar-refractivity contribution >= 4 is 43.4 Å². The van der Waals surface area contributed by atoms with Crippen LogP contribution in [0.3, 0.4) is 0 Å². The van der Waals surface area contributed by atoms with Gasteiger partial charge in [-0.05, 0) is 44.8 Å². The van der Waals surface area contributed by atoms with E-state index in [0.29, 0.717) is 17.6 Å². The average Bonchev–Trinajstić information content (AvgIpc) is 3.48. The Hall–Kier alpha value is -6.13. The van der Waals surface area contributed by atoms with Gasteiger partial charge in [0.15, 0.2) is 11.6 Å². The van der Waals surface area contributed by atoms with Crippen LogP contribution in [0.5, 0.6) is 0 Å². The first-order chi connectivity index (χ1) is 22.3. The first-order valence-corrected chi connectivity index (χ1v) is 15.1. The maximum Gasteiger partial charge on any atom is 0.238 e. The Morgan fingerprint density at radius 2 is 0.756 bits per heavy atom. The fourth-order valence-corrected chi connectivity index (χ4v) is 6.52. The Morgan fingerprint density at radius 3 is 1.31 bits per heavy atom. The number of nitrogens with zero attached hydrogens (tertiary/aromatic N) is 4. The highest BCUT2D eigenvalue weighted by Crippen LogP contribution is 2.40. The number of hydrogen-bond donors (Lipinski definition) is 0. The molecule has 0 aliphatic rings. The van der Waals surface area contributed by atoms with Crippen LogP contribution in [0.25, 0.3) is 83.2 Å². The molecule has 0 spiro atoms. The molecule has 4 heteroatoms. The Morgan fingerprint density at radius 1 is 0.333 bits per heavy atom. The van der Waals surface area contributed by atoms with Crippen LogP contribution in [-0.4, -0.2) is 19.5 Å². The molecule has 210 valence electrons. The summed E-state index contributed by atoms with van der Waals surface area (Å²) in [6.45, 7) is 0. The zero-order valence-electron chi connectivity index (χ0n) is 24.3. The molecule has 0 saturated carbocycles. The monoisotopic (exact) mass is 574 g/mol. The minimum atomic E-state index is 0.594. The molecule has 0 unspecified atom stereocenters. The van der Waals surface area contributed by atoms with Gasteiger partial charge in [0.25, 0.3) is 0 Å². The quantitative estimate of drug-likeness (QED) is 0.210. The third kappa shape index (κ3) is 4.19. The van der Waals surface area contributed by atoms with E-state index in [-0.39, 0.29) is 0 Å². The number of benzene rings is 7. The van der Waals surface area contributed by atoms with E-state index in [9.17, 15) is 0 Å². The normalized spacial score (nSPS) is 11.6. The lowest BCUT2D eigenvalue weighted by molar-refractivity contribution is 0.954. The van der Waals surface area contributed by atoms with Crippen LogP contribution in [-0.2, 0) is 0 Å². The van der Waals surface area contributed by atoms with E-state index in [0.717, 1.165) is 27.7 Å². The van der Waals surface area contributed by atoms with Crippen molar-refractivity contribution in [2.75, 3.05) is 0 Å². The molecule has 0 radical (unpaired) electrons. The summed E-state index contributed by atoms with van der Waals surface area (Å²) < 4.78 is 2.21. The van der Waals surface area contributed by atoms with Crippen molar-refractivity contribution in [2.45, 2.75) is 0 Å². The van der Waals surface area contributed by atoms with Crippen LogP contribution < -0.4 is 0 Å². The summed E-state index contributed by atoms with van der Waals surface area (Å²) in [6.07, 6.45) is 0. The van der Waals surface area contributed by atoms with E-state index >= 15 is 0 Å². The molecule has 9 aromatic rings. The van der Waals surface area contributed by atoms with Gasteiger partial charge in [-0.15, -0.1) is 0 Å². The smallest absolute Gasteiger partial charge is 0.238 e. The maximum atomic E-state index is 5.18. The van der Waals surface area contributed by atoms with E-state index in [2.05, 4.69) is 126 Å². The van der Waals surface area contributed by atoms with Gasteiger partial charge in [0, 0.05) is 21.9 Å². The molecule has 0 bridgehead atoms. The van der Waals surface area contributed by atoms with Crippen molar-refractivity contribution < 1.29 is 0 Å². The number of fused-ring (bicyclic) bond motifs is 7. The van der Waals surface area contributed by atoms with Crippen LogP contribution in [0.2, 0.25) is 0 Å². The molecule has 0 atom stereocenters. The average molecular weight is 575 g/mol. The van der Waals surface area contributed by atoms with Crippen molar-refractivity contribution in [1.29, 1.82) is 0 Å². The summed E-state index contributed by atoms with van der Waals surface area (Å²) in [5.74, 6) is 1.87. The molecule has 0 fully saturated rings. The number of aromatic nitrogens is 4. The van der Waals surface area contributed by atoms with Crippen LogP contribution in [0.15, 0.2) is 158 Å². The van der Waals surface area contributed by atoms with E-state index in [1.165, 1.54) is 37.9 Å². The van der Waals surface area contributed by atoms with E-state index in [1.54, 1.807) is 0 Å². The summed E-state index contributed by atoms with van der Waals surface area (Å²) in [7, 11) is 0. The molecule has 4 nitrogen and oxygen atoms in total. The Labute approximate surface area is 259 Å². The molecule has 0 N–H and O–H groups in total. The zero-order chi connectivity index (χ0) is 29.7.